The number of nitrogens with one attached hydrogen (secondary N) is 3. The molecule has 25 heavy (non-hydrogen) atoms. The minimum Gasteiger partial charge on any atom is -0.494 e. The third kappa shape index (κ3) is 5.62. The number of rotatable bonds is 6. The van der Waals surface area contributed by atoms with Crippen molar-refractivity contribution in [2.75, 3.05) is 25.0 Å². The first kappa shape index (κ1) is 18.5. The number of amides is 2. The Balaban J connectivity index is 1.93. The standard InChI is InChI=1S/C18H22N4O3/c1-2-25-16-5-3-15(4-6-16)22-18(24)14(11-19)12-21-17(23)13-7-9-20-10-8-13/h3-6,12-13,20H,2,7-10H2,1H3,(H,21,23)(H,22,24)/b14-12-. The average Bonchev–Trinajstić information content (AvgIpc) is 2.64. The van der Waals surface area contributed by atoms with Crippen LogP contribution in [0.25, 0.3) is 0 Å². The summed E-state index contributed by atoms with van der Waals surface area (Å²) in [5.74, 6) is -0.127. The monoisotopic (exact) mass is 342 g/mol. The van der Waals surface area contributed by atoms with E-state index < -0.39 is 5.91 Å². The Bertz CT molecular complexity index is 671. The summed E-state index contributed by atoms with van der Waals surface area (Å²) in [7, 11) is 0. The summed E-state index contributed by atoms with van der Waals surface area (Å²) in [5, 5.41) is 17.5. The van der Waals surface area contributed by atoms with Crippen LogP contribution in [0.5, 0.6) is 5.75 Å². The SMILES string of the molecule is CCOc1ccc(NC(=O)/C(C#N)=C\NC(=O)C2CCNCC2)cc1. The molecule has 2 rings (SSSR count). The van der Waals surface area contributed by atoms with Crippen molar-refractivity contribution in [3.63, 3.8) is 0 Å². The van der Waals surface area contributed by atoms with Gasteiger partial charge in [-0.05, 0) is 57.1 Å². The quantitative estimate of drug-likeness (QED) is 0.537. The highest BCUT2D eigenvalue weighted by Gasteiger charge is 2.20. The second-order valence-corrected chi connectivity index (χ2v) is 5.61. The molecule has 0 bridgehead atoms. The van der Waals surface area contributed by atoms with Crippen molar-refractivity contribution in [2.45, 2.75) is 19.8 Å². The zero-order chi connectivity index (χ0) is 18.1. The fourth-order valence-corrected chi connectivity index (χ4v) is 2.49. The largest absolute Gasteiger partial charge is 0.494 e. The molecule has 1 fully saturated rings. The third-order valence-electron chi connectivity index (χ3n) is 3.86. The highest BCUT2D eigenvalue weighted by Crippen LogP contribution is 2.16. The van der Waals surface area contributed by atoms with Gasteiger partial charge >= 0.3 is 0 Å². The van der Waals surface area contributed by atoms with E-state index in [-0.39, 0.29) is 17.4 Å². The van der Waals surface area contributed by atoms with E-state index in [9.17, 15) is 9.59 Å². The molecular weight excluding hydrogens is 320 g/mol. The number of ether oxygens (including phenoxy) is 1. The Kier molecular flexibility index (Phi) is 6.99. The van der Waals surface area contributed by atoms with Gasteiger partial charge in [0.05, 0.1) is 6.61 Å². The minimum absolute atomic E-state index is 0.0911. The van der Waals surface area contributed by atoms with Crippen LogP contribution in [0.3, 0.4) is 0 Å². The van der Waals surface area contributed by atoms with Gasteiger partial charge in [0.15, 0.2) is 0 Å². The van der Waals surface area contributed by atoms with Gasteiger partial charge in [-0.3, -0.25) is 9.59 Å². The Hall–Kier alpha value is -2.85. The smallest absolute Gasteiger partial charge is 0.267 e. The molecule has 1 aromatic rings. The maximum absolute atomic E-state index is 12.1. The molecule has 0 aliphatic carbocycles. The minimum atomic E-state index is -0.572. The van der Waals surface area contributed by atoms with Crippen molar-refractivity contribution >= 4 is 17.5 Å². The number of carbonyl (C=O) groups excluding carboxylic acids is 2. The van der Waals surface area contributed by atoms with Crippen LogP contribution in [0.1, 0.15) is 19.8 Å². The summed E-state index contributed by atoms with van der Waals surface area (Å²) in [5.41, 5.74) is 0.385. The van der Waals surface area contributed by atoms with Crippen LogP contribution in [0.2, 0.25) is 0 Å². The van der Waals surface area contributed by atoms with E-state index in [0.717, 1.165) is 25.9 Å². The van der Waals surface area contributed by atoms with Crippen LogP contribution in [0, 0.1) is 17.2 Å². The lowest BCUT2D eigenvalue weighted by Crippen LogP contribution is -2.36. The van der Waals surface area contributed by atoms with Crippen LogP contribution >= 0.6 is 0 Å². The van der Waals surface area contributed by atoms with Gasteiger partial charge in [-0.2, -0.15) is 5.26 Å². The number of hydrogen-bond acceptors (Lipinski definition) is 5. The lowest BCUT2D eigenvalue weighted by molar-refractivity contribution is -0.124. The zero-order valence-electron chi connectivity index (χ0n) is 14.2. The Morgan fingerprint density at radius 2 is 2.00 bits per heavy atom. The molecule has 0 spiro atoms. The maximum Gasteiger partial charge on any atom is 0.267 e. The molecular formula is C18H22N4O3. The van der Waals surface area contributed by atoms with Crippen LogP contribution in [-0.4, -0.2) is 31.5 Å². The van der Waals surface area contributed by atoms with Gasteiger partial charge in [0, 0.05) is 17.8 Å². The molecule has 0 radical (unpaired) electrons. The van der Waals surface area contributed by atoms with Crippen molar-refractivity contribution in [2.24, 2.45) is 5.92 Å². The van der Waals surface area contributed by atoms with Gasteiger partial charge < -0.3 is 20.7 Å². The van der Waals surface area contributed by atoms with Gasteiger partial charge in [-0.25, -0.2) is 0 Å². The molecule has 1 heterocycles. The molecule has 7 nitrogen and oxygen atoms in total. The highest BCUT2D eigenvalue weighted by atomic mass is 16.5. The maximum atomic E-state index is 12.1. The molecule has 0 unspecified atom stereocenters. The number of anilines is 1. The highest BCUT2D eigenvalue weighted by molar-refractivity contribution is 6.06. The Morgan fingerprint density at radius 1 is 1.32 bits per heavy atom. The normalized spacial score (nSPS) is 15.1. The molecule has 3 N–H and O–H groups in total. The number of piperidine rings is 1. The summed E-state index contributed by atoms with van der Waals surface area (Å²) in [6.45, 7) is 4.04. The fourth-order valence-electron chi connectivity index (χ4n) is 2.49. The fraction of sp³-hybridized carbons (Fsp3) is 0.389. The van der Waals surface area contributed by atoms with Crippen LogP contribution in [-0.2, 0) is 9.59 Å². The molecule has 2 amide bonds. The molecule has 7 heteroatoms. The van der Waals surface area contributed by atoms with Crippen molar-refractivity contribution in [1.29, 1.82) is 5.26 Å². The predicted octanol–water partition coefficient (Wildman–Crippen LogP) is 1.55. The van der Waals surface area contributed by atoms with E-state index in [1.807, 2.05) is 13.0 Å². The van der Waals surface area contributed by atoms with E-state index in [1.165, 1.54) is 6.20 Å². The van der Waals surface area contributed by atoms with E-state index in [2.05, 4.69) is 16.0 Å². The molecule has 0 atom stereocenters. The van der Waals surface area contributed by atoms with Crippen LogP contribution in [0.4, 0.5) is 5.69 Å². The number of carbonyl (C=O) groups is 2. The molecule has 1 saturated heterocycles. The van der Waals surface area contributed by atoms with E-state index in [4.69, 9.17) is 10.00 Å². The second kappa shape index (κ2) is 9.45. The Labute approximate surface area is 147 Å². The summed E-state index contributed by atoms with van der Waals surface area (Å²) in [6.07, 6.45) is 2.67. The third-order valence-corrected chi connectivity index (χ3v) is 3.86. The topological polar surface area (TPSA) is 103 Å². The first-order chi connectivity index (χ1) is 12.1. The van der Waals surface area contributed by atoms with E-state index in [1.54, 1.807) is 24.3 Å². The molecule has 0 aromatic heterocycles. The van der Waals surface area contributed by atoms with Gasteiger partial charge in [0.25, 0.3) is 5.91 Å². The van der Waals surface area contributed by atoms with Gasteiger partial charge in [0.1, 0.15) is 17.4 Å². The lowest BCUT2D eigenvalue weighted by atomic mass is 9.97. The molecule has 1 aliphatic heterocycles. The summed E-state index contributed by atoms with van der Waals surface area (Å²) in [4.78, 5) is 24.2. The van der Waals surface area contributed by atoms with Crippen molar-refractivity contribution in [3.8, 4) is 11.8 Å². The first-order valence-electron chi connectivity index (χ1n) is 8.29. The van der Waals surface area contributed by atoms with Crippen LogP contribution < -0.4 is 20.7 Å². The number of benzene rings is 1. The second-order valence-electron chi connectivity index (χ2n) is 5.61. The number of nitrogens with zero attached hydrogens (tertiary/aromatic N) is 1. The van der Waals surface area contributed by atoms with E-state index in [0.29, 0.717) is 18.0 Å². The lowest BCUT2D eigenvalue weighted by Gasteiger charge is -2.20. The first-order valence-corrected chi connectivity index (χ1v) is 8.29. The molecule has 1 aromatic carbocycles. The zero-order valence-corrected chi connectivity index (χ0v) is 14.2. The van der Waals surface area contributed by atoms with Crippen LogP contribution in [0.15, 0.2) is 36.0 Å². The van der Waals surface area contributed by atoms with Gasteiger partial charge in [0.2, 0.25) is 5.91 Å². The molecule has 132 valence electrons. The predicted molar refractivity (Wildman–Crippen MR) is 93.7 cm³/mol. The van der Waals surface area contributed by atoms with Crippen molar-refractivity contribution < 1.29 is 14.3 Å². The summed E-state index contributed by atoms with van der Waals surface area (Å²) in [6, 6.07) is 8.64. The average molecular weight is 342 g/mol. The molecule has 0 saturated carbocycles. The molecule has 1 aliphatic rings. The number of hydrogen-bond donors (Lipinski definition) is 3. The van der Waals surface area contributed by atoms with Crippen molar-refractivity contribution in [1.82, 2.24) is 10.6 Å². The number of nitriles is 1. The summed E-state index contributed by atoms with van der Waals surface area (Å²) < 4.78 is 5.33. The van der Waals surface area contributed by atoms with Gasteiger partial charge in [-0.1, -0.05) is 0 Å². The van der Waals surface area contributed by atoms with Gasteiger partial charge in [-0.15, -0.1) is 0 Å². The Morgan fingerprint density at radius 3 is 2.60 bits per heavy atom. The van der Waals surface area contributed by atoms with E-state index >= 15 is 0 Å². The summed E-state index contributed by atoms with van der Waals surface area (Å²) >= 11 is 0. The van der Waals surface area contributed by atoms with Crippen molar-refractivity contribution in [3.05, 3.63) is 36.0 Å².